The van der Waals surface area contributed by atoms with Crippen LogP contribution in [0, 0.1) is 6.92 Å². The van der Waals surface area contributed by atoms with Gasteiger partial charge in [0.05, 0.1) is 11.3 Å². The molecule has 1 aliphatic heterocycles. The lowest BCUT2D eigenvalue weighted by atomic mass is 10.1. The molecule has 0 unspecified atom stereocenters. The van der Waals surface area contributed by atoms with Crippen molar-refractivity contribution in [1.82, 2.24) is 24.5 Å². The maximum atomic E-state index is 12.3. The number of nitrogens with one attached hydrogen (secondary N) is 1. The molecule has 18 heavy (non-hydrogen) atoms. The van der Waals surface area contributed by atoms with Gasteiger partial charge in [0.1, 0.15) is 6.33 Å². The fraction of sp³-hybridized carbons (Fsp3) is 0.583. The molecule has 2 aromatic rings. The van der Waals surface area contributed by atoms with Gasteiger partial charge in [-0.05, 0) is 32.9 Å². The Morgan fingerprint density at radius 3 is 2.89 bits per heavy atom. The quantitative estimate of drug-likeness (QED) is 0.849. The lowest BCUT2D eigenvalue weighted by molar-refractivity contribution is 0.219. The van der Waals surface area contributed by atoms with Crippen LogP contribution >= 0.6 is 0 Å². The highest BCUT2D eigenvalue weighted by Crippen LogP contribution is 2.12. The zero-order valence-corrected chi connectivity index (χ0v) is 10.5. The lowest BCUT2D eigenvalue weighted by Gasteiger charge is -2.26. The molecule has 0 spiro atoms. The summed E-state index contributed by atoms with van der Waals surface area (Å²) in [5.41, 5.74) is 1.54. The van der Waals surface area contributed by atoms with E-state index in [1.54, 1.807) is 0 Å². The Balaban J connectivity index is 1.97. The number of hydrogen-bond acceptors (Lipinski definition) is 4. The van der Waals surface area contributed by atoms with Gasteiger partial charge in [0.2, 0.25) is 0 Å². The number of hydrogen-bond donors (Lipinski definition) is 1. The third-order valence-electron chi connectivity index (χ3n) is 3.56. The zero-order chi connectivity index (χ0) is 12.5. The normalized spacial score (nSPS) is 17.4. The van der Waals surface area contributed by atoms with Crippen molar-refractivity contribution in [2.45, 2.75) is 32.7 Å². The first-order valence-corrected chi connectivity index (χ1v) is 6.39. The van der Waals surface area contributed by atoms with E-state index in [9.17, 15) is 4.79 Å². The maximum absolute atomic E-state index is 12.3. The smallest absolute Gasteiger partial charge is 0.278 e. The van der Waals surface area contributed by atoms with Gasteiger partial charge in [-0.3, -0.25) is 14.8 Å². The van der Waals surface area contributed by atoms with Crippen LogP contribution in [0.25, 0.3) is 5.78 Å². The van der Waals surface area contributed by atoms with E-state index < -0.39 is 0 Å². The van der Waals surface area contributed by atoms with Crippen molar-refractivity contribution in [3.05, 3.63) is 27.9 Å². The molecule has 3 rings (SSSR count). The van der Waals surface area contributed by atoms with Gasteiger partial charge in [0.25, 0.3) is 11.3 Å². The third kappa shape index (κ3) is 1.92. The fourth-order valence-corrected chi connectivity index (χ4v) is 2.52. The van der Waals surface area contributed by atoms with Crippen LogP contribution in [0.1, 0.15) is 30.5 Å². The number of nitrogens with zero attached hydrogens (tertiary/aromatic N) is 4. The summed E-state index contributed by atoms with van der Waals surface area (Å²) in [5, 5.41) is 2.80. The largest absolute Gasteiger partial charge is 0.299 e. The molecule has 2 aromatic heterocycles. The summed E-state index contributed by atoms with van der Waals surface area (Å²) in [7, 11) is 0. The van der Waals surface area contributed by atoms with Crippen molar-refractivity contribution in [2.75, 3.05) is 13.1 Å². The molecule has 0 amide bonds. The monoisotopic (exact) mass is 247 g/mol. The summed E-state index contributed by atoms with van der Waals surface area (Å²) < 4.78 is 1.41. The van der Waals surface area contributed by atoms with Gasteiger partial charge in [0, 0.05) is 6.54 Å². The minimum atomic E-state index is -0.0272. The maximum Gasteiger partial charge on any atom is 0.278 e. The molecule has 1 fully saturated rings. The molecule has 96 valence electrons. The first-order chi connectivity index (χ1) is 8.75. The highest BCUT2D eigenvalue weighted by atomic mass is 16.1. The number of likely N-dealkylation sites (tertiary alicyclic amines) is 1. The van der Waals surface area contributed by atoms with Crippen molar-refractivity contribution >= 4 is 5.78 Å². The second kappa shape index (κ2) is 4.53. The van der Waals surface area contributed by atoms with E-state index in [1.165, 1.54) is 30.1 Å². The van der Waals surface area contributed by atoms with E-state index in [1.807, 2.05) is 6.92 Å². The second-order valence-electron chi connectivity index (χ2n) is 4.84. The van der Waals surface area contributed by atoms with Gasteiger partial charge in [-0.2, -0.15) is 4.52 Å². The number of H-pyrrole nitrogens is 1. The predicted molar refractivity (Wildman–Crippen MR) is 67.5 cm³/mol. The van der Waals surface area contributed by atoms with Crippen molar-refractivity contribution in [1.29, 1.82) is 0 Å². The van der Waals surface area contributed by atoms with Gasteiger partial charge >= 0.3 is 0 Å². The van der Waals surface area contributed by atoms with Crippen LogP contribution in [-0.4, -0.2) is 37.6 Å². The molecule has 6 heteroatoms. The summed E-state index contributed by atoms with van der Waals surface area (Å²) in [6, 6.07) is 0. The Hall–Kier alpha value is -1.69. The second-order valence-corrected chi connectivity index (χ2v) is 4.84. The molecule has 1 N–H and O–H groups in total. The van der Waals surface area contributed by atoms with Gasteiger partial charge < -0.3 is 0 Å². The van der Waals surface area contributed by atoms with E-state index in [0.29, 0.717) is 12.3 Å². The van der Waals surface area contributed by atoms with Crippen LogP contribution in [0.3, 0.4) is 0 Å². The van der Waals surface area contributed by atoms with E-state index in [4.69, 9.17) is 0 Å². The zero-order valence-electron chi connectivity index (χ0n) is 10.5. The molecule has 0 aliphatic carbocycles. The van der Waals surface area contributed by atoms with Crippen LogP contribution in [0.5, 0.6) is 0 Å². The molecule has 0 radical (unpaired) electrons. The molecule has 6 nitrogen and oxygen atoms in total. The molecular formula is C12H17N5O. The Bertz CT molecular complexity index is 608. The van der Waals surface area contributed by atoms with E-state index in [0.717, 1.165) is 24.3 Å². The van der Waals surface area contributed by atoms with Crippen LogP contribution in [-0.2, 0) is 6.54 Å². The molecule has 3 heterocycles. The van der Waals surface area contributed by atoms with E-state index in [2.05, 4.69) is 20.0 Å². The van der Waals surface area contributed by atoms with Crippen molar-refractivity contribution in [3.63, 3.8) is 0 Å². The number of rotatable bonds is 2. The molecule has 0 bridgehead atoms. The molecule has 0 atom stereocenters. The van der Waals surface area contributed by atoms with Gasteiger partial charge in [-0.25, -0.2) is 9.97 Å². The Labute approximate surface area is 105 Å². The number of aromatic nitrogens is 4. The molecule has 0 saturated carbocycles. The van der Waals surface area contributed by atoms with Crippen molar-refractivity contribution in [2.24, 2.45) is 0 Å². The van der Waals surface area contributed by atoms with Gasteiger partial charge in [-0.15, -0.1) is 0 Å². The van der Waals surface area contributed by atoms with E-state index >= 15 is 0 Å². The summed E-state index contributed by atoms with van der Waals surface area (Å²) in [6.07, 6.45) is 5.24. The van der Waals surface area contributed by atoms with Crippen molar-refractivity contribution < 1.29 is 0 Å². The highest BCUT2D eigenvalue weighted by molar-refractivity contribution is 5.30. The standard InChI is InChI=1S/C12H17N5O/c1-9-10(7-16-5-3-2-4-6-16)11(18)17-12(15-9)13-8-14-17/h8H,2-7H2,1H3,(H,13,14,15). The average molecular weight is 247 g/mol. The summed E-state index contributed by atoms with van der Waals surface area (Å²) in [6.45, 7) is 4.73. The minimum absolute atomic E-state index is 0.0272. The summed E-state index contributed by atoms with van der Waals surface area (Å²) >= 11 is 0. The Morgan fingerprint density at radius 2 is 2.11 bits per heavy atom. The van der Waals surface area contributed by atoms with Crippen molar-refractivity contribution in [3.8, 4) is 0 Å². The van der Waals surface area contributed by atoms with Crippen LogP contribution < -0.4 is 5.56 Å². The van der Waals surface area contributed by atoms with Crippen LogP contribution in [0.15, 0.2) is 11.1 Å². The van der Waals surface area contributed by atoms with E-state index in [-0.39, 0.29) is 5.56 Å². The Kier molecular flexibility index (Phi) is 2.87. The molecule has 0 aromatic carbocycles. The number of piperidine rings is 1. The third-order valence-corrected chi connectivity index (χ3v) is 3.56. The molecular weight excluding hydrogens is 230 g/mol. The Morgan fingerprint density at radius 1 is 1.33 bits per heavy atom. The topological polar surface area (TPSA) is 66.3 Å². The number of aryl methyl sites for hydroxylation is 1. The lowest BCUT2D eigenvalue weighted by Crippen LogP contribution is -2.33. The van der Waals surface area contributed by atoms with Crippen LogP contribution in [0.2, 0.25) is 0 Å². The van der Waals surface area contributed by atoms with Gasteiger partial charge in [-0.1, -0.05) is 6.42 Å². The number of aromatic amines is 1. The highest BCUT2D eigenvalue weighted by Gasteiger charge is 2.16. The summed E-state index contributed by atoms with van der Waals surface area (Å²) in [5.74, 6) is 0.444. The average Bonchev–Trinajstić information content (AvgIpc) is 2.84. The first kappa shape index (κ1) is 11.4. The SMILES string of the molecule is Cc1nc2nc[nH]n2c(=O)c1CN1CCCCC1. The number of fused-ring (bicyclic) bond motifs is 1. The predicted octanol–water partition coefficient (Wildman–Crippen LogP) is 0.712. The molecule has 1 saturated heterocycles. The molecule has 1 aliphatic rings. The minimum Gasteiger partial charge on any atom is -0.299 e. The summed E-state index contributed by atoms with van der Waals surface area (Å²) in [4.78, 5) is 23.0. The fourth-order valence-electron chi connectivity index (χ4n) is 2.52. The first-order valence-electron chi connectivity index (χ1n) is 6.39. The van der Waals surface area contributed by atoms with Gasteiger partial charge in [0.15, 0.2) is 0 Å². The van der Waals surface area contributed by atoms with Crippen LogP contribution in [0.4, 0.5) is 0 Å².